The topological polar surface area (TPSA) is 23.5 Å². The third-order valence-corrected chi connectivity index (χ3v) is 6.60. The summed E-state index contributed by atoms with van der Waals surface area (Å²) < 4.78 is 0. The van der Waals surface area contributed by atoms with E-state index in [0.29, 0.717) is 17.2 Å². The SMILES string of the molecule is Cc1ccccc1CCN1CC[C@@]2(c3cccc(O)c3)CCC[C@@H]1C2.Cl. The number of halogens is 1. The Bertz CT molecular complexity index is 746. The van der Waals surface area contributed by atoms with Crippen molar-refractivity contribution in [1.29, 1.82) is 0 Å². The number of benzene rings is 2. The van der Waals surface area contributed by atoms with Crippen molar-refractivity contribution in [3.05, 3.63) is 65.2 Å². The van der Waals surface area contributed by atoms with Crippen LogP contribution in [0.5, 0.6) is 5.75 Å². The minimum absolute atomic E-state index is 0. The van der Waals surface area contributed by atoms with Crippen LogP contribution >= 0.6 is 12.4 Å². The molecule has 1 saturated heterocycles. The largest absolute Gasteiger partial charge is 0.508 e. The number of phenolic OH excluding ortho intramolecular Hbond substituents is 1. The van der Waals surface area contributed by atoms with Gasteiger partial charge >= 0.3 is 0 Å². The molecule has 2 nitrogen and oxygen atoms in total. The second-order valence-corrected chi connectivity index (χ2v) is 8.04. The smallest absolute Gasteiger partial charge is 0.115 e. The standard InChI is InChI=1S/C23H29NO.ClH/c1-18-6-2-3-7-19(18)11-14-24-15-13-23(12-5-9-21(24)17-23)20-8-4-10-22(25)16-20;/h2-4,6-8,10,16,21,25H,5,9,11-15,17H2,1H3;1H/t21-,23+;/m1./s1. The lowest BCUT2D eigenvalue weighted by atomic mass is 9.63. The molecule has 0 radical (unpaired) electrons. The lowest BCUT2D eigenvalue weighted by Gasteiger charge is -2.51. The summed E-state index contributed by atoms with van der Waals surface area (Å²) >= 11 is 0. The molecule has 2 aliphatic rings. The van der Waals surface area contributed by atoms with Gasteiger partial charge in [-0.1, -0.05) is 42.8 Å². The molecule has 1 heterocycles. The van der Waals surface area contributed by atoms with E-state index in [9.17, 15) is 5.11 Å². The highest BCUT2D eigenvalue weighted by molar-refractivity contribution is 5.85. The zero-order valence-electron chi connectivity index (χ0n) is 15.7. The fourth-order valence-corrected chi connectivity index (χ4v) is 5.10. The van der Waals surface area contributed by atoms with E-state index in [1.165, 1.54) is 61.9 Å². The first-order chi connectivity index (χ1) is 12.2. The molecule has 0 unspecified atom stereocenters. The van der Waals surface area contributed by atoms with Crippen molar-refractivity contribution < 1.29 is 5.11 Å². The molecule has 4 rings (SSSR count). The van der Waals surface area contributed by atoms with Crippen LogP contribution in [0.1, 0.15) is 48.8 Å². The van der Waals surface area contributed by atoms with E-state index in [0.717, 1.165) is 6.42 Å². The summed E-state index contributed by atoms with van der Waals surface area (Å²) in [5.74, 6) is 0.413. The van der Waals surface area contributed by atoms with Gasteiger partial charge in [0.2, 0.25) is 0 Å². The molecular formula is C23H30ClNO. The number of aryl methyl sites for hydroxylation is 1. The first kappa shape index (κ1) is 19.3. The number of rotatable bonds is 4. The fourth-order valence-electron chi connectivity index (χ4n) is 5.10. The normalized spacial score (nSPS) is 25.5. The van der Waals surface area contributed by atoms with E-state index in [2.05, 4.69) is 42.2 Å². The van der Waals surface area contributed by atoms with E-state index in [-0.39, 0.29) is 12.4 Å². The van der Waals surface area contributed by atoms with Crippen molar-refractivity contribution in [1.82, 2.24) is 4.90 Å². The van der Waals surface area contributed by atoms with E-state index >= 15 is 0 Å². The highest BCUT2D eigenvalue weighted by Crippen LogP contribution is 2.47. The van der Waals surface area contributed by atoms with E-state index < -0.39 is 0 Å². The van der Waals surface area contributed by atoms with Gasteiger partial charge in [-0.2, -0.15) is 0 Å². The van der Waals surface area contributed by atoms with Crippen LogP contribution in [0.2, 0.25) is 0 Å². The Morgan fingerprint density at radius 1 is 1.12 bits per heavy atom. The summed E-state index contributed by atoms with van der Waals surface area (Å²) in [4.78, 5) is 2.73. The lowest BCUT2D eigenvalue weighted by molar-refractivity contribution is 0.0524. The van der Waals surface area contributed by atoms with Crippen molar-refractivity contribution in [2.75, 3.05) is 13.1 Å². The summed E-state index contributed by atoms with van der Waals surface area (Å²) in [6.45, 7) is 4.58. The zero-order valence-corrected chi connectivity index (χ0v) is 16.5. The van der Waals surface area contributed by atoms with Crippen LogP contribution in [-0.2, 0) is 11.8 Å². The summed E-state index contributed by atoms with van der Waals surface area (Å²) in [6, 6.07) is 17.5. The molecule has 1 saturated carbocycles. The van der Waals surface area contributed by atoms with E-state index in [4.69, 9.17) is 0 Å². The van der Waals surface area contributed by atoms with Gasteiger partial charge in [-0.3, -0.25) is 4.90 Å². The van der Waals surface area contributed by atoms with Gasteiger partial charge in [0.05, 0.1) is 0 Å². The number of hydrogen-bond acceptors (Lipinski definition) is 2. The Kier molecular flexibility index (Phi) is 5.94. The van der Waals surface area contributed by atoms with Crippen molar-refractivity contribution >= 4 is 12.4 Å². The number of phenols is 1. The molecule has 1 N–H and O–H groups in total. The number of hydrogen-bond donors (Lipinski definition) is 1. The Morgan fingerprint density at radius 3 is 2.77 bits per heavy atom. The highest BCUT2D eigenvalue weighted by atomic mass is 35.5. The molecule has 1 aliphatic heterocycles. The molecule has 1 aliphatic carbocycles. The second kappa shape index (κ2) is 8.02. The third kappa shape index (κ3) is 3.77. The maximum Gasteiger partial charge on any atom is 0.115 e. The average Bonchev–Trinajstić information content (AvgIpc) is 2.63. The summed E-state index contributed by atoms with van der Waals surface area (Å²) in [6.07, 6.45) is 7.54. The Labute approximate surface area is 163 Å². The number of piperidine rings is 1. The van der Waals surface area contributed by atoms with Crippen molar-refractivity contribution in [3.63, 3.8) is 0 Å². The average molecular weight is 372 g/mol. The van der Waals surface area contributed by atoms with Crippen LogP contribution in [-0.4, -0.2) is 29.1 Å². The van der Waals surface area contributed by atoms with Gasteiger partial charge in [-0.05, 0) is 79.8 Å². The van der Waals surface area contributed by atoms with Crippen LogP contribution in [0.25, 0.3) is 0 Å². The van der Waals surface area contributed by atoms with Gasteiger partial charge in [0, 0.05) is 12.6 Å². The molecule has 26 heavy (non-hydrogen) atoms. The number of aromatic hydroxyl groups is 1. The zero-order chi connectivity index (χ0) is 17.3. The molecule has 2 bridgehead atoms. The summed E-state index contributed by atoms with van der Waals surface area (Å²) in [5, 5.41) is 9.92. The molecule has 0 spiro atoms. The molecule has 2 fully saturated rings. The maximum atomic E-state index is 9.92. The number of nitrogens with zero attached hydrogens (tertiary/aromatic N) is 1. The van der Waals surface area contributed by atoms with Crippen LogP contribution < -0.4 is 0 Å². The first-order valence-corrected chi connectivity index (χ1v) is 9.74. The molecule has 2 aromatic carbocycles. The third-order valence-electron chi connectivity index (χ3n) is 6.60. The van der Waals surface area contributed by atoms with Gasteiger partial charge in [0.1, 0.15) is 5.75 Å². The van der Waals surface area contributed by atoms with Gasteiger partial charge in [-0.15, -0.1) is 12.4 Å². The number of fused-ring (bicyclic) bond motifs is 2. The molecule has 0 amide bonds. The Hall–Kier alpha value is -1.51. The van der Waals surface area contributed by atoms with E-state index in [1.54, 1.807) is 6.07 Å². The molecule has 2 aromatic rings. The lowest BCUT2D eigenvalue weighted by Crippen LogP contribution is -2.52. The minimum atomic E-state index is 0. The summed E-state index contributed by atoms with van der Waals surface area (Å²) in [5.41, 5.74) is 4.55. The Morgan fingerprint density at radius 2 is 1.96 bits per heavy atom. The van der Waals surface area contributed by atoms with Gasteiger partial charge in [0.15, 0.2) is 0 Å². The molecule has 2 atom stereocenters. The predicted octanol–water partition coefficient (Wildman–Crippen LogP) is 5.25. The molecule has 140 valence electrons. The predicted molar refractivity (Wildman–Crippen MR) is 110 cm³/mol. The molecule has 3 heteroatoms. The van der Waals surface area contributed by atoms with Crippen molar-refractivity contribution in [3.8, 4) is 5.75 Å². The van der Waals surface area contributed by atoms with Crippen molar-refractivity contribution in [2.24, 2.45) is 0 Å². The number of likely N-dealkylation sites (tertiary alicyclic amines) is 1. The first-order valence-electron chi connectivity index (χ1n) is 9.74. The van der Waals surface area contributed by atoms with Gasteiger partial charge in [-0.25, -0.2) is 0 Å². The van der Waals surface area contributed by atoms with Gasteiger partial charge in [0.25, 0.3) is 0 Å². The van der Waals surface area contributed by atoms with Crippen LogP contribution in [0.4, 0.5) is 0 Å². The van der Waals surface area contributed by atoms with Crippen LogP contribution in [0, 0.1) is 6.92 Å². The highest BCUT2D eigenvalue weighted by Gasteiger charge is 2.43. The van der Waals surface area contributed by atoms with Crippen LogP contribution in [0.3, 0.4) is 0 Å². The summed E-state index contributed by atoms with van der Waals surface area (Å²) in [7, 11) is 0. The van der Waals surface area contributed by atoms with Gasteiger partial charge < -0.3 is 5.11 Å². The monoisotopic (exact) mass is 371 g/mol. The molecule has 0 aromatic heterocycles. The second-order valence-electron chi connectivity index (χ2n) is 8.04. The molecular weight excluding hydrogens is 342 g/mol. The van der Waals surface area contributed by atoms with Crippen molar-refractivity contribution in [2.45, 2.75) is 56.9 Å². The quantitative estimate of drug-likeness (QED) is 0.793. The van der Waals surface area contributed by atoms with Crippen LogP contribution in [0.15, 0.2) is 48.5 Å². The van der Waals surface area contributed by atoms with E-state index in [1.807, 2.05) is 12.1 Å². The Balaban J connectivity index is 0.00000196. The fraction of sp³-hybridized carbons (Fsp3) is 0.478. The maximum absolute atomic E-state index is 9.92. The minimum Gasteiger partial charge on any atom is -0.508 e.